The number of ketones is 1. The number of anilines is 1. The molecule has 0 radical (unpaired) electrons. The number of thiophene rings is 1. The summed E-state index contributed by atoms with van der Waals surface area (Å²) in [7, 11) is -2.03. The number of carbonyl (C=O) groups excluding carboxylic acids is 1. The van der Waals surface area contributed by atoms with Crippen molar-refractivity contribution in [2.24, 2.45) is 0 Å². The smallest absolute Gasteiger partial charge is 0.243 e. The van der Waals surface area contributed by atoms with Gasteiger partial charge in [0, 0.05) is 0 Å². The summed E-state index contributed by atoms with van der Waals surface area (Å²) < 4.78 is 30.9. The van der Waals surface area contributed by atoms with Gasteiger partial charge in [0.15, 0.2) is 5.78 Å². The molecule has 110 valence electrons. The minimum atomic E-state index is -3.61. The first-order chi connectivity index (χ1) is 10.0. The molecule has 0 fully saturated rings. The Balaban J connectivity index is 1.96. The van der Waals surface area contributed by atoms with Crippen LogP contribution in [0, 0.1) is 0 Å². The SMILES string of the molecule is COc1ccc(CN2c3ccsc3C(=O)CS2(=O)=O)cc1. The van der Waals surface area contributed by atoms with Gasteiger partial charge in [-0.15, -0.1) is 11.3 Å². The molecule has 1 aromatic carbocycles. The second-order valence-corrected chi connectivity index (χ2v) is 7.48. The Kier molecular flexibility index (Phi) is 3.46. The van der Waals surface area contributed by atoms with Gasteiger partial charge in [-0.25, -0.2) is 8.42 Å². The number of methoxy groups -OCH3 is 1. The molecule has 2 aromatic rings. The first-order valence-corrected chi connectivity index (χ1v) is 8.74. The van der Waals surface area contributed by atoms with Gasteiger partial charge in [-0.3, -0.25) is 9.10 Å². The second kappa shape index (κ2) is 5.16. The summed E-state index contributed by atoms with van der Waals surface area (Å²) in [6.45, 7) is 0.212. The molecule has 1 aliphatic rings. The van der Waals surface area contributed by atoms with E-state index >= 15 is 0 Å². The minimum absolute atomic E-state index is 0.212. The number of nitrogens with zero attached hydrogens (tertiary/aromatic N) is 1. The lowest BCUT2D eigenvalue weighted by atomic mass is 10.2. The van der Waals surface area contributed by atoms with Crippen LogP contribution >= 0.6 is 11.3 Å². The Labute approximate surface area is 126 Å². The van der Waals surface area contributed by atoms with Crippen molar-refractivity contribution in [3.8, 4) is 5.75 Å². The van der Waals surface area contributed by atoms with Crippen molar-refractivity contribution in [1.29, 1.82) is 0 Å². The highest BCUT2D eigenvalue weighted by Crippen LogP contribution is 2.34. The average molecular weight is 323 g/mol. The zero-order valence-corrected chi connectivity index (χ0v) is 12.9. The average Bonchev–Trinajstić information content (AvgIpc) is 2.93. The highest BCUT2D eigenvalue weighted by molar-refractivity contribution is 7.93. The molecule has 2 heterocycles. The lowest BCUT2D eigenvalue weighted by Gasteiger charge is -2.27. The summed E-state index contributed by atoms with van der Waals surface area (Å²) >= 11 is 1.28. The van der Waals surface area contributed by atoms with E-state index in [-0.39, 0.29) is 12.3 Å². The topological polar surface area (TPSA) is 63.7 Å². The van der Waals surface area contributed by atoms with Gasteiger partial charge in [-0.2, -0.15) is 0 Å². The predicted octanol–water partition coefficient (Wildman–Crippen LogP) is 2.29. The van der Waals surface area contributed by atoms with Crippen molar-refractivity contribution in [2.45, 2.75) is 6.54 Å². The molecule has 0 aliphatic carbocycles. The molecule has 0 amide bonds. The second-order valence-electron chi connectivity index (χ2n) is 4.67. The van der Waals surface area contributed by atoms with Crippen LogP contribution < -0.4 is 9.04 Å². The molecule has 0 atom stereocenters. The molecule has 0 N–H and O–H groups in total. The molecule has 5 nitrogen and oxygen atoms in total. The number of sulfonamides is 1. The van der Waals surface area contributed by atoms with Crippen molar-refractivity contribution >= 4 is 32.8 Å². The van der Waals surface area contributed by atoms with Crippen LogP contribution in [-0.4, -0.2) is 27.1 Å². The molecule has 0 spiro atoms. The highest BCUT2D eigenvalue weighted by atomic mass is 32.2. The third kappa shape index (κ3) is 2.54. The number of benzene rings is 1. The maximum atomic E-state index is 12.3. The number of Topliss-reactive ketones (excluding diaryl/α,β-unsaturated/α-hetero) is 1. The Hall–Kier alpha value is -1.86. The van der Waals surface area contributed by atoms with Crippen molar-refractivity contribution in [3.05, 3.63) is 46.2 Å². The minimum Gasteiger partial charge on any atom is -0.497 e. The van der Waals surface area contributed by atoms with Crippen LogP contribution in [0.1, 0.15) is 15.2 Å². The molecule has 1 aromatic heterocycles. The van der Waals surface area contributed by atoms with E-state index in [4.69, 9.17) is 4.74 Å². The standard InChI is InChI=1S/C14H13NO4S2/c1-19-11-4-2-10(3-5-11)8-15-12-6-7-20-14(12)13(16)9-21(15,17)18/h2-7H,8-9H2,1H3. The summed E-state index contributed by atoms with van der Waals surface area (Å²) in [6, 6.07) is 8.88. The first-order valence-electron chi connectivity index (χ1n) is 6.25. The van der Waals surface area contributed by atoms with Crippen LogP contribution in [0.5, 0.6) is 5.75 Å². The van der Waals surface area contributed by atoms with E-state index < -0.39 is 15.8 Å². The molecular weight excluding hydrogens is 310 g/mol. The van der Waals surface area contributed by atoms with Crippen LogP contribution in [0.25, 0.3) is 0 Å². The number of hydrogen-bond donors (Lipinski definition) is 0. The summed E-state index contributed by atoms with van der Waals surface area (Å²) in [4.78, 5) is 12.3. The van der Waals surface area contributed by atoms with E-state index in [2.05, 4.69) is 0 Å². The number of carbonyl (C=O) groups is 1. The third-order valence-electron chi connectivity index (χ3n) is 3.30. The van der Waals surface area contributed by atoms with Gasteiger partial charge < -0.3 is 4.74 Å². The van der Waals surface area contributed by atoms with Crippen LogP contribution in [-0.2, 0) is 16.6 Å². The Morgan fingerprint density at radius 3 is 2.62 bits per heavy atom. The fraction of sp³-hybridized carbons (Fsp3) is 0.214. The molecule has 3 rings (SSSR count). The molecule has 1 aliphatic heterocycles. The molecule has 0 unspecified atom stereocenters. The van der Waals surface area contributed by atoms with E-state index in [9.17, 15) is 13.2 Å². The van der Waals surface area contributed by atoms with Crippen molar-refractivity contribution in [2.75, 3.05) is 17.2 Å². The lowest BCUT2D eigenvalue weighted by Crippen LogP contribution is -2.39. The number of ether oxygens (including phenoxy) is 1. The summed E-state index contributed by atoms with van der Waals surface area (Å²) in [5.41, 5.74) is 1.32. The third-order valence-corrected chi connectivity index (χ3v) is 5.87. The summed E-state index contributed by atoms with van der Waals surface area (Å²) in [5.74, 6) is -0.0749. The van der Waals surface area contributed by atoms with Crippen molar-refractivity contribution in [3.63, 3.8) is 0 Å². The van der Waals surface area contributed by atoms with Gasteiger partial charge in [0.1, 0.15) is 11.5 Å². The Morgan fingerprint density at radius 1 is 1.24 bits per heavy atom. The Bertz CT molecular complexity index is 778. The predicted molar refractivity (Wildman–Crippen MR) is 81.6 cm³/mol. The normalized spacial score (nSPS) is 16.6. The molecule has 21 heavy (non-hydrogen) atoms. The van der Waals surface area contributed by atoms with E-state index in [0.29, 0.717) is 16.3 Å². The zero-order chi connectivity index (χ0) is 15.0. The van der Waals surface area contributed by atoms with Gasteiger partial charge >= 0.3 is 0 Å². The zero-order valence-electron chi connectivity index (χ0n) is 11.3. The van der Waals surface area contributed by atoms with E-state index in [1.807, 2.05) is 12.1 Å². The van der Waals surface area contributed by atoms with Crippen LogP contribution in [0.4, 0.5) is 5.69 Å². The van der Waals surface area contributed by atoms with E-state index in [1.54, 1.807) is 30.7 Å². The summed E-state index contributed by atoms with van der Waals surface area (Å²) in [5, 5.41) is 1.74. The van der Waals surface area contributed by atoms with Crippen LogP contribution in [0.15, 0.2) is 35.7 Å². The lowest BCUT2D eigenvalue weighted by molar-refractivity contribution is 0.102. The van der Waals surface area contributed by atoms with Crippen LogP contribution in [0.3, 0.4) is 0 Å². The van der Waals surface area contributed by atoms with Crippen LogP contribution in [0.2, 0.25) is 0 Å². The quantitative estimate of drug-likeness (QED) is 0.869. The largest absolute Gasteiger partial charge is 0.497 e. The van der Waals surface area contributed by atoms with Gasteiger partial charge in [-0.1, -0.05) is 12.1 Å². The van der Waals surface area contributed by atoms with Crippen molar-refractivity contribution in [1.82, 2.24) is 0 Å². The number of hydrogen-bond acceptors (Lipinski definition) is 5. The van der Waals surface area contributed by atoms with Gasteiger partial charge in [-0.05, 0) is 29.1 Å². The monoisotopic (exact) mass is 323 g/mol. The molecule has 7 heteroatoms. The fourth-order valence-electron chi connectivity index (χ4n) is 2.25. The molecule has 0 saturated carbocycles. The number of fused-ring (bicyclic) bond motifs is 1. The van der Waals surface area contributed by atoms with E-state index in [1.165, 1.54) is 15.6 Å². The maximum absolute atomic E-state index is 12.3. The van der Waals surface area contributed by atoms with Gasteiger partial charge in [0.2, 0.25) is 10.0 Å². The maximum Gasteiger partial charge on any atom is 0.243 e. The Morgan fingerprint density at radius 2 is 1.95 bits per heavy atom. The van der Waals surface area contributed by atoms with Gasteiger partial charge in [0.25, 0.3) is 0 Å². The van der Waals surface area contributed by atoms with Crippen molar-refractivity contribution < 1.29 is 17.9 Å². The molecule has 0 saturated heterocycles. The number of rotatable bonds is 3. The van der Waals surface area contributed by atoms with Gasteiger partial charge in [0.05, 0.1) is 24.2 Å². The molecular formula is C14H13NO4S2. The highest BCUT2D eigenvalue weighted by Gasteiger charge is 2.35. The molecule has 0 bridgehead atoms. The van der Waals surface area contributed by atoms with E-state index in [0.717, 1.165) is 5.56 Å². The summed E-state index contributed by atoms with van der Waals surface area (Å²) in [6.07, 6.45) is 0. The first kappa shape index (κ1) is 14.1. The fourth-order valence-corrected chi connectivity index (χ4v) is 4.66.